The van der Waals surface area contributed by atoms with Crippen molar-refractivity contribution >= 4 is 5.78 Å². The van der Waals surface area contributed by atoms with Gasteiger partial charge in [0.15, 0.2) is 5.76 Å². The number of hydrogen-bond donors (Lipinski definition) is 1. The van der Waals surface area contributed by atoms with Gasteiger partial charge in [0, 0.05) is 12.3 Å². The maximum atomic E-state index is 12.7. The van der Waals surface area contributed by atoms with Crippen LogP contribution < -0.4 is 0 Å². The molecule has 4 nitrogen and oxygen atoms in total. The van der Waals surface area contributed by atoms with Crippen LogP contribution in [0.5, 0.6) is 0 Å². The van der Waals surface area contributed by atoms with Crippen LogP contribution >= 0.6 is 0 Å². The Bertz CT molecular complexity index is 798. The Morgan fingerprint density at radius 3 is 2.19 bits per heavy atom. The van der Waals surface area contributed by atoms with Gasteiger partial charge in [-0.05, 0) is 17.2 Å². The van der Waals surface area contributed by atoms with E-state index in [0.717, 1.165) is 11.1 Å². The molecule has 27 heavy (non-hydrogen) atoms. The molecule has 2 aromatic rings. The van der Waals surface area contributed by atoms with Crippen molar-refractivity contribution in [3.8, 4) is 0 Å². The van der Waals surface area contributed by atoms with Gasteiger partial charge in [-0.2, -0.15) is 0 Å². The summed E-state index contributed by atoms with van der Waals surface area (Å²) in [4.78, 5) is 12.7. The molecule has 140 valence electrons. The first-order valence-corrected chi connectivity index (χ1v) is 9.02. The SMILES string of the molecule is C=CC[C@@]1(O)C(=O)C(OCc2ccccc2)=C[C@H]1COCc1ccccc1. The number of hydrogen-bond acceptors (Lipinski definition) is 4. The van der Waals surface area contributed by atoms with E-state index in [0.29, 0.717) is 6.61 Å². The van der Waals surface area contributed by atoms with E-state index in [1.165, 1.54) is 0 Å². The third kappa shape index (κ3) is 4.54. The lowest BCUT2D eigenvalue weighted by Gasteiger charge is -2.27. The molecule has 0 aliphatic heterocycles. The van der Waals surface area contributed by atoms with Gasteiger partial charge >= 0.3 is 0 Å². The lowest BCUT2D eigenvalue weighted by atomic mass is 9.86. The Kier molecular flexibility index (Phi) is 6.22. The second-order valence-electron chi connectivity index (χ2n) is 6.66. The molecule has 2 aromatic carbocycles. The second kappa shape index (κ2) is 8.80. The van der Waals surface area contributed by atoms with Gasteiger partial charge in [-0.25, -0.2) is 0 Å². The molecule has 0 saturated carbocycles. The van der Waals surface area contributed by atoms with Crippen LogP contribution in [0.4, 0.5) is 0 Å². The molecular formula is C23H24O4. The Labute approximate surface area is 159 Å². The van der Waals surface area contributed by atoms with E-state index in [4.69, 9.17) is 9.47 Å². The standard InChI is InChI=1S/C23H24O4/c1-2-13-23(25)20(17-26-15-18-9-5-3-6-10-18)14-21(22(23)24)27-16-19-11-7-4-8-12-19/h2-12,14,20,25H,1,13,15-17H2/t20-,23-/m0/s1. The number of benzene rings is 2. The van der Waals surface area contributed by atoms with Crippen molar-refractivity contribution < 1.29 is 19.4 Å². The maximum Gasteiger partial charge on any atom is 0.229 e. The first-order valence-electron chi connectivity index (χ1n) is 9.02. The number of Topliss-reactive ketones (excluding diaryl/α,β-unsaturated/α-hetero) is 1. The monoisotopic (exact) mass is 364 g/mol. The summed E-state index contributed by atoms with van der Waals surface area (Å²) in [5.74, 6) is -0.694. The molecule has 1 aliphatic carbocycles. The Morgan fingerprint density at radius 2 is 1.59 bits per heavy atom. The van der Waals surface area contributed by atoms with Gasteiger partial charge in [0.2, 0.25) is 5.78 Å². The molecule has 1 aliphatic rings. The predicted octanol–water partition coefficient (Wildman–Crippen LogP) is 3.81. The maximum absolute atomic E-state index is 12.7. The minimum atomic E-state index is -1.57. The van der Waals surface area contributed by atoms with Crippen LogP contribution in [0.25, 0.3) is 0 Å². The first kappa shape index (κ1) is 19.1. The Morgan fingerprint density at radius 1 is 1.00 bits per heavy atom. The topological polar surface area (TPSA) is 55.8 Å². The highest BCUT2D eigenvalue weighted by molar-refractivity contribution is 6.03. The highest BCUT2D eigenvalue weighted by Crippen LogP contribution is 2.36. The predicted molar refractivity (Wildman–Crippen MR) is 104 cm³/mol. The number of aliphatic hydroxyl groups is 1. The molecule has 0 unspecified atom stereocenters. The smallest absolute Gasteiger partial charge is 0.229 e. The van der Waals surface area contributed by atoms with E-state index < -0.39 is 17.3 Å². The number of carbonyl (C=O) groups excluding carboxylic acids is 1. The molecule has 0 spiro atoms. The Hall–Kier alpha value is -2.69. The molecule has 0 bridgehead atoms. The van der Waals surface area contributed by atoms with Crippen LogP contribution in [-0.4, -0.2) is 23.1 Å². The van der Waals surface area contributed by atoms with Crippen LogP contribution in [0.2, 0.25) is 0 Å². The van der Waals surface area contributed by atoms with Crippen molar-refractivity contribution in [2.75, 3.05) is 6.61 Å². The van der Waals surface area contributed by atoms with Crippen LogP contribution in [0.1, 0.15) is 17.5 Å². The fourth-order valence-electron chi connectivity index (χ4n) is 3.16. The minimum Gasteiger partial charge on any atom is -0.485 e. The zero-order valence-electron chi connectivity index (χ0n) is 15.2. The van der Waals surface area contributed by atoms with Gasteiger partial charge in [-0.3, -0.25) is 4.79 Å². The van der Waals surface area contributed by atoms with Crippen molar-refractivity contribution in [3.63, 3.8) is 0 Å². The molecule has 1 N–H and O–H groups in total. The molecular weight excluding hydrogens is 340 g/mol. The van der Waals surface area contributed by atoms with Crippen LogP contribution in [0.15, 0.2) is 85.2 Å². The van der Waals surface area contributed by atoms with Crippen LogP contribution in [0.3, 0.4) is 0 Å². The summed E-state index contributed by atoms with van der Waals surface area (Å²) in [6.07, 6.45) is 3.38. The number of ether oxygens (including phenoxy) is 2. The first-order chi connectivity index (χ1) is 13.1. The van der Waals surface area contributed by atoms with Crippen LogP contribution in [0, 0.1) is 5.92 Å². The minimum absolute atomic E-state index is 0.153. The molecule has 0 fully saturated rings. The summed E-state index contributed by atoms with van der Waals surface area (Å²) in [7, 11) is 0. The van der Waals surface area contributed by atoms with E-state index in [1.807, 2.05) is 60.7 Å². The summed E-state index contributed by atoms with van der Waals surface area (Å²) in [6.45, 7) is 4.59. The van der Waals surface area contributed by atoms with Crippen molar-refractivity contribution in [2.45, 2.75) is 25.2 Å². The van der Waals surface area contributed by atoms with Gasteiger partial charge in [0.1, 0.15) is 12.2 Å². The normalized spacial score (nSPS) is 21.7. The van der Waals surface area contributed by atoms with Crippen molar-refractivity contribution in [3.05, 3.63) is 96.3 Å². The van der Waals surface area contributed by atoms with Gasteiger partial charge in [-0.15, -0.1) is 6.58 Å². The van der Waals surface area contributed by atoms with E-state index in [2.05, 4.69) is 6.58 Å². The molecule has 4 heteroatoms. The largest absolute Gasteiger partial charge is 0.485 e. The Balaban J connectivity index is 1.65. The molecule has 0 aromatic heterocycles. The summed E-state index contributed by atoms with van der Waals surface area (Å²) in [6, 6.07) is 19.4. The lowest BCUT2D eigenvalue weighted by Crippen LogP contribution is -2.43. The average Bonchev–Trinajstić information content (AvgIpc) is 2.93. The summed E-state index contributed by atoms with van der Waals surface area (Å²) >= 11 is 0. The number of carbonyl (C=O) groups is 1. The highest BCUT2D eigenvalue weighted by atomic mass is 16.5. The molecule has 0 amide bonds. The number of rotatable bonds is 9. The molecule has 2 atom stereocenters. The van der Waals surface area contributed by atoms with E-state index in [1.54, 1.807) is 12.2 Å². The van der Waals surface area contributed by atoms with Gasteiger partial charge in [0.25, 0.3) is 0 Å². The molecule has 0 heterocycles. The fourth-order valence-corrected chi connectivity index (χ4v) is 3.16. The zero-order valence-corrected chi connectivity index (χ0v) is 15.2. The third-order valence-corrected chi connectivity index (χ3v) is 4.68. The summed E-state index contributed by atoms with van der Waals surface area (Å²) in [5.41, 5.74) is 0.436. The van der Waals surface area contributed by atoms with Gasteiger partial charge < -0.3 is 14.6 Å². The average molecular weight is 364 g/mol. The van der Waals surface area contributed by atoms with Crippen molar-refractivity contribution in [2.24, 2.45) is 5.92 Å². The van der Waals surface area contributed by atoms with E-state index in [-0.39, 0.29) is 25.4 Å². The zero-order chi connectivity index (χ0) is 19.1. The summed E-state index contributed by atoms with van der Waals surface area (Å²) < 4.78 is 11.5. The molecule has 0 saturated heterocycles. The fraction of sp³-hybridized carbons (Fsp3) is 0.261. The molecule has 0 radical (unpaired) electrons. The quantitative estimate of drug-likeness (QED) is 0.688. The second-order valence-corrected chi connectivity index (χ2v) is 6.66. The lowest BCUT2D eigenvalue weighted by molar-refractivity contribution is -0.139. The van der Waals surface area contributed by atoms with E-state index in [9.17, 15) is 9.90 Å². The third-order valence-electron chi connectivity index (χ3n) is 4.68. The molecule has 3 rings (SSSR count). The van der Waals surface area contributed by atoms with Gasteiger partial charge in [0.05, 0.1) is 13.2 Å². The van der Waals surface area contributed by atoms with Crippen molar-refractivity contribution in [1.29, 1.82) is 0 Å². The van der Waals surface area contributed by atoms with Gasteiger partial charge in [-0.1, -0.05) is 66.7 Å². The highest BCUT2D eigenvalue weighted by Gasteiger charge is 2.49. The number of ketones is 1. The van der Waals surface area contributed by atoms with Crippen molar-refractivity contribution in [1.82, 2.24) is 0 Å². The van der Waals surface area contributed by atoms with E-state index >= 15 is 0 Å². The summed E-state index contributed by atoms with van der Waals surface area (Å²) in [5, 5.41) is 11.0. The van der Waals surface area contributed by atoms with Crippen LogP contribution in [-0.2, 0) is 27.5 Å².